The zero-order valence-electron chi connectivity index (χ0n) is 9.14. The molecule has 1 rings (SSSR count). The Morgan fingerprint density at radius 1 is 1.60 bits per heavy atom. The molecule has 0 aromatic carbocycles. The molecule has 82 valence electrons. The van der Waals surface area contributed by atoms with E-state index < -0.39 is 0 Å². The van der Waals surface area contributed by atoms with Gasteiger partial charge in [-0.3, -0.25) is 9.78 Å². The number of methoxy groups -OCH3 is 1. The van der Waals surface area contributed by atoms with Gasteiger partial charge in [-0.05, 0) is 11.6 Å². The Bertz CT molecular complexity index is 301. The Morgan fingerprint density at radius 2 is 2.40 bits per heavy atom. The molecule has 0 saturated heterocycles. The molecule has 0 fully saturated rings. The lowest BCUT2D eigenvalue weighted by Gasteiger charge is -2.20. The number of rotatable bonds is 5. The average Bonchev–Trinajstić information content (AvgIpc) is 2.25. The van der Waals surface area contributed by atoms with Gasteiger partial charge in [0.1, 0.15) is 0 Å². The van der Waals surface area contributed by atoms with Crippen molar-refractivity contribution in [1.82, 2.24) is 9.88 Å². The Kier molecular flexibility index (Phi) is 4.77. The highest BCUT2D eigenvalue weighted by atomic mass is 16.5. The SMILES string of the molecule is COCCN(Cc1cccnc1)C(C)=O. The van der Waals surface area contributed by atoms with Crippen LogP contribution in [0.3, 0.4) is 0 Å². The fraction of sp³-hybridized carbons (Fsp3) is 0.455. The third kappa shape index (κ3) is 4.08. The summed E-state index contributed by atoms with van der Waals surface area (Å²) in [6.07, 6.45) is 3.49. The van der Waals surface area contributed by atoms with Crippen molar-refractivity contribution in [2.45, 2.75) is 13.5 Å². The fourth-order valence-corrected chi connectivity index (χ4v) is 1.26. The van der Waals surface area contributed by atoms with Crippen LogP contribution >= 0.6 is 0 Å². The maximum absolute atomic E-state index is 11.3. The summed E-state index contributed by atoms with van der Waals surface area (Å²) in [5.41, 5.74) is 1.03. The predicted molar refractivity (Wildman–Crippen MR) is 57.2 cm³/mol. The van der Waals surface area contributed by atoms with E-state index in [1.807, 2.05) is 12.1 Å². The van der Waals surface area contributed by atoms with Gasteiger partial charge in [0.25, 0.3) is 0 Å². The fourth-order valence-electron chi connectivity index (χ4n) is 1.26. The highest BCUT2D eigenvalue weighted by Crippen LogP contribution is 2.02. The smallest absolute Gasteiger partial charge is 0.219 e. The number of nitrogens with zero attached hydrogens (tertiary/aromatic N) is 2. The minimum atomic E-state index is 0.0518. The van der Waals surface area contributed by atoms with Crippen molar-refractivity contribution in [2.75, 3.05) is 20.3 Å². The molecule has 0 radical (unpaired) electrons. The van der Waals surface area contributed by atoms with Gasteiger partial charge in [-0.1, -0.05) is 6.07 Å². The molecule has 0 unspecified atom stereocenters. The summed E-state index contributed by atoms with van der Waals surface area (Å²) < 4.78 is 4.95. The molecule has 4 heteroatoms. The van der Waals surface area contributed by atoms with Crippen molar-refractivity contribution in [3.63, 3.8) is 0 Å². The van der Waals surface area contributed by atoms with E-state index in [1.54, 1.807) is 31.3 Å². The molecule has 4 nitrogen and oxygen atoms in total. The second-order valence-corrected chi connectivity index (χ2v) is 3.29. The highest BCUT2D eigenvalue weighted by molar-refractivity contribution is 5.73. The van der Waals surface area contributed by atoms with Gasteiger partial charge in [-0.25, -0.2) is 0 Å². The third-order valence-corrected chi connectivity index (χ3v) is 2.11. The molecule has 0 aliphatic heterocycles. The number of hydrogen-bond donors (Lipinski definition) is 0. The van der Waals surface area contributed by atoms with Gasteiger partial charge in [-0.15, -0.1) is 0 Å². The van der Waals surface area contributed by atoms with Crippen LogP contribution in [0.4, 0.5) is 0 Å². The predicted octanol–water partition coefficient (Wildman–Crippen LogP) is 1.08. The zero-order valence-corrected chi connectivity index (χ0v) is 9.14. The molecule has 0 spiro atoms. The lowest BCUT2D eigenvalue weighted by molar-refractivity contribution is -0.130. The van der Waals surface area contributed by atoms with Crippen molar-refractivity contribution in [2.24, 2.45) is 0 Å². The number of amides is 1. The second kappa shape index (κ2) is 6.14. The number of pyridine rings is 1. The summed E-state index contributed by atoms with van der Waals surface area (Å²) in [7, 11) is 1.63. The van der Waals surface area contributed by atoms with Crippen LogP contribution in [-0.4, -0.2) is 36.1 Å². The molecule has 0 aliphatic carbocycles. The second-order valence-electron chi connectivity index (χ2n) is 3.29. The molecular weight excluding hydrogens is 192 g/mol. The Balaban J connectivity index is 2.55. The quantitative estimate of drug-likeness (QED) is 0.727. The van der Waals surface area contributed by atoms with Gasteiger partial charge < -0.3 is 9.64 Å². The van der Waals surface area contributed by atoms with E-state index in [1.165, 1.54) is 0 Å². The molecule has 0 bridgehead atoms. The van der Waals surface area contributed by atoms with Crippen LogP contribution < -0.4 is 0 Å². The van der Waals surface area contributed by atoms with Crippen LogP contribution in [0.5, 0.6) is 0 Å². The topological polar surface area (TPSA) is 42.4 Å². The van der Waals surface area contributed by atoms with E-state index in [0.717, 1.165) is 5.56 Å². The standard InChI is InChI=1S/C11H16N2O2/c1-10(14)13(6-7-15-2)9-11-4-3-5-12-8-11/h3-5,8H,6-7,9H2,1-2H3. The molecule has 0 aliphatic rings. The van der Waals surface area contributed by atoms with E-state index in [2.05, 4.69) is 4.98 Å². The Hall–Kier alpha value is -1.42. The van der Waals surface area contributed by atoms with Crippen molar-refractivity contribution in [1.29, 1.82) is 0 Å². The maximum Gasteiger partial charge on any atom is 0.219 e. The number of aromatic nitrogens is 1. The van der Waals surface area contributed by atoms with Crippen molar-refractivity contribution in [3.05, 3.63) is 30.1 Å². The van der Waals surface area contributed by atoms with E-state index >= 15 is 0 Å². The van der Waals surface area contributed by atoms with Crippen LogP contribution in [0, 0.1) is 0 Å². The minimum absolute atomic E-state index is 0.0518. The molecule has 0 N–H and O–H groups in total. The van der Waals surface area contributed by atoms with Crippen LogP contribution in [0.15, 0.2) is 24.5 Å². The summed E-state index contributed by atoms with van der Waals surface area (Å²) in [6.45, 7) is 3.32. The normalized spacial score (nSPS) is 10.0. The van der Waals surface area contributed by atoms with E-state index in [0.29, 0.717) is 19.7 Å². The van der Waals surface area contributed by atoms with E-state index in [-0.39, 0.29) is 5.91 Å². The minimum Gasteiger partial charge on any atom is -0.383 e. The monoisotopic (exact) mass is 208 g/mol. The van der Waals surface area contributed by atoms with Crippen LogP contribution in [-0.2, 0) is 16.1 Å². The summed E-state index contributed by atoms with van der Waals surface area (Å²) in [5, 5.41) is 0. The molecule has 0 saturated carbocycles. The highest BCUT2D eigenvalue weighted by Gasteiger charge is 2.08. The molecule has 1 aromatic heterocycles. The largest absolute Gasteiger partial charge is 0.383 e. The maximum atomic E-state index is 11.3. The van der Waals surface area contributed by atoms with Gasteiger partial charge in [0.2, 0.25) is 5.91 Å². The van der Waals surface area contributed by atoms with Crippen molar-refractivity contribution in [3.8, 4) is 0 Å². The van der Waals surface area contributed by atoms with Crippen LogP contribution in [0.1, 0.15) is 12.5 Å². The van der Waals surface area contributed by atoms with Gasteiger partial charge in [0.15, 0.2) is 0 Å². The molecule has 0 atom stereocenters. The summed E-state index contributed by atoms with van der Waals surface area (Å²) >= 11 is 0. The first-order chi connectivity index (χ1) is 7.24. The van der Waals surface area contributed by atoms with E-state index in [9.17, 15) is 4.79 Å². The van der Waals surface area contributed by atoms with Gasteiger partial charge in [0, 0.05) is 39.5 Å². The number of carbonyl (C=O) groups is 1. The molecule has 15 heavy (non-hydrogen) atoms. The average molecular weight is 208 g/mol. The zero-order chi connectivity index (χ0) is 11.1. The lowest BCUT2D eigenvalue weighted by atomic mass is 10.2. The number of carbonyl (C=O) groups excluding carboxylic acids is 1. The van der Waals surface area contributed by atoms with Crippen molar-refractivity contribution < 1.29 is 9.53 Å². The number of ether oxygens (including phenoxy) is 1. The first-order valence-electron chi connectivity index (χ1n) is 4.87. The summed E-state index contributed by atoms with van der Waals surface area (Å²) in [6, 6.07) is 3.82. The Labute approximate surface area is 89.9 Å². The van der Waals surface area contributed by atoms with E-state index in [4.69, 9.17) is 4.74 Å². The molecule has 1 aromatic rings. The third-order valence-electron chi connectivity index (χ3n) is 2.11. The van der Waals surface area contributed by atoms with Crippen LogP contribution in [0.2, 0.25) is 0 Å². The Morgan fingerprint density at radius 3 is 2.93 bits per heavy atom. The van der Waals surface area contributed by atoms with Gasteiger partial charge >= 0.3 is 0 Å². The first kappa shape index (κ1) is 11.7. The molecule has 1 amide bonds. The number of hydrogen-bond acceptors (Lipinski definition) is 3. The van der Waals surface area contributed by atoms with Gasteiger partial charge in [-0.2, -0.15) is 0 Å². The van der Waals surface area contributed by atoms with Gasteiger partial charge in [0.05, 0.1) is 6.61 Å². The summed E-state index contributed by atoms with van der Waals surface area (Å²) in [4.78, 5) is 17.0. The molecular formula is C11H16N2O2. The van der Waals surface area contributed by atoms with Crippen LogP contribution in [0.25, 0.3) is 0 Å². The molecule has 1 heterocycles. The first-order valence-corrected chi connectivity index (χ1v) is 4.87. The summed E-state index contributed by atoms with van der Waals surface area (Å²) in [5.74, 6) is 0.0518. The lowest BCUT2D eigenvalue weighted by Crippen LogP contribution is -2.31. The van der Waals surface area contributed by atoms with Crippen molar-refractivity contribution >= 4 is 5.91 Å².